The summed E-state index contributed by atoms with van der Waals surface area (Å²) >= 11 is 0. The predicted octanol–water partition coefficient (Wildman–Crippen LogP) is 0.613. The highest BCUT2D eigenvalue weighted by atomic mass is 16.5. The number of aliphatic hydroxyl groups excluding tert-OH is 1. The molecule has 0 bridgehead atoms. The van der Waals surface area contributed by atoms with Gasteiger partial charge in [-0.1, -0.05) is 12.2 Å². The van der Waals surface area contributed by atoms with Gasteiger partial charge in [0.25, 0.3) is 0 Å². The van der Waals surface area contributed by atoms with Gasteiger partial charge in [-0.25, -0.2) is 4.79 Å². The van der Waals surface area contributed by atoms with Gasteiger partial charge in [0.05, 0.1) is 13.7 Å². The van der Waals surface area contributed by atoms with Gasteiger partial charge in [-0.2, -0.15) is 0 Å². The summed E-state index contributed by atoms with van der Waals surface area (Å²) in [5.41, 5.74) is 1.32. The van der Waals surface area contributed by atoms with Gasteiger partial charge < -0.3 is 9.84 Å². The number of aliphatic hydroxyl groups is 1. The highest BCUT2D eigenvalue weighted by Crippen LogP contribution is 2.41. The number of rotatable bonds is 2. The Bertz CT molecular complexity index is 392. The first-order valence-electron chi connectivity index (χ1n) is 5.30. The number of ether oxygens (including phenoxy) is 1. The lowest BCUT2D eigenvalue weighted by Crippen LogP contribution is -2.30. The standard InChI is InChI=1S/C12H14O4/c1-16-12(15)9-4-5-10(14)11-7(6-13)2-3-8(9)11/h2,4,8,11,13H,3,5-6H2,1H3/t8-,11-/m1/s1. The third-order valence-corrected chi connectivity index (χ3v) is 3.31. The lowest BCUT2D eigenvalue weighted by atomic mass is 9.77. The van der Waals surface area contributed by atoms with Crippen LogP contribution in [0, 0.1) is 11.8 Å². The van der Waals surface area contributed by atoms with Crippen molar-refractivity contribution in [3.05, 3.63) is 23.3 Å². The zero-order valence-electron chi connectivity index (χ0n) is 9.10. The second kappa shape index (κ2) is 4.22. The molecule has 0 saturated carbocycles. The van der Waals surface area contributed by atoms with Crippen molar-refractivity contribution in [3.63, 3.8) is 0 Å². The van der Waals surface area contributed by atoms with Gasteiger partial charge in [0.2, 0.25) is 0 Å². The van der Waals surface area contributed by atoms with Gasteiger partial charge in [0.15, 0.2) is 0 Å². The molecule has 0 aromatic rings. The molecule has 0 aromatic carbocycles. The summed E-state index contributed by atoms with van der Waals surface area (Å²) in [5, 5.41) is 9.15. The molecule has 4 nitrogen and oxygen atoms in total. The third kappa shape index (κ3) is 1.59. The van der Waals surface area contributed by atoms with Crippen LogP contribution in [0.3, 0.4) is 0 Å². The number of hydrogen-bond donors (Lipinski definition) is 1. The number of esters is 1. The number of carbonyl (C=O) groups excluding carboxylic acids is 2. The predicted molar refractivity (Wildman–Crippen MR) is 56.5 cm³/mol. The molecular formula is C12H14O4. The minimum atomic E-state index is -0.366. The highest BCUT2D eigenvalue weighted by Gasteiger charge is 2.41. The zero-order valence-corrected chi connectivity index (χ0v) is 9.10. The Morgan fingerprint density at radius 2 is 2.31 bits per heavy atom. The molecule has 4 heteroatoms. The Balaban J connectivity index is 2.29. The number of allylic oxidation sites excluding steroid dienone is 2. The van der Waals surface area contributed by atoms with E-state index in [1.807, 2.05) is 6.08 Å². The first kappa shape index (κ1) is 11.1. The molecule has 0 unspecified atom stereocenters. The van der Waals surface area contributed by atoms with Crippen LogP contribution < -0.4 is 0 Å². The van der Waals surface area contributed by atoms with E-state index in [1.54, 1.807) is 6.08 Å². The molecule has 1 N–H and O–H groups in total. The van der Waals surface area contributed by atoms with Crippen molar-refractivity contribution in [1.82, 2.24) is 0 Å². The molecule has 16 heavy (non-hydrogen) atoms. The van der Waals surface area contributed by atoms with Gasteiger partial charge in [0.1, 0.15) is 5.78 Å². The molecule has 2 aliphatic rings. The molecule has 86 valence electrons. The Kier molecular flexibility index (Phi) is 2.92. The molecule has 2 atom stereocenters. The molecule has 0 amide bonds. The zero-order chi connectivity index (χ0) is 11.7. The molecule has 0 aromatic heterocycles. The second-order valence-electron chi connectivity index (χ2n) is 4.08. The van der Waals surface area contributed by atoms with Crippen molar-refractivity contribution >= 4 is 11.8 Å². The van der Waals surface area contributed by atoms with Gasteiger partial charge >= 0.3 is 5.97 Å². The Morgan fingerprint density at radius 1 is 1.56 bits per heavy atom. The SMILES string of the molecule is COC(=O)C1=CCC(=O)[C@@H]2C(CO)=CC[C@H]12. The third-order valence-electron chi connectivity index (χ3n) is 3.31. The lowest BCUT2D eigenvalue weighted by molar-refractivity contribution is -0.137. The molecular weight excluding hydrogens is 208 g/mol. The highest BCUT2D eigenvalue weighted by molar-refractivity contribution is 5.96. The number of Topliss-reactive ketones (excluding diaryl/α,β-unsaturated/α-hetero) is 1. The van der Waals surface area contributed by atoms with E-state index in [2.05, 4.69) is 0 Å². The van der Waals surface area contributed by atoms with Crippen molar-refractivity contribution in [3.8, 4) is 0 Å². The van der Waals surface area contributed by atoms with Crippen molar-refractivity contribution in [2.75, 3.05) is 13.7 Å². The maximum Gasteiger partial charge on any atom is 0.333 e. The average molecular weight is 222 g/mol. The first-order valence-corrected chi connectivity index (χ1v) is 5.30. The Labute approximate surface area is 93.6 Å². The van der Waals surface area contributed by atoms with Gasteiger partial charge in [0, 0.05) is 23.8 Å². The van der Waals surface area contributed by atoms with Gasteiger partial charge in [-0.3, -0.25) is 4.79 Å². The lowest BCUT2D eigenvalue weighted by Gasteiger charge is -2.26. The quantitative estimate of drug-likeness (QED) is 0.549. The van der Waals surface area contributed by atoms with E-state index in [0.29, 0.717) is 12.0 Å². The maximum atomic E-state index is 11.8. The van der Waals surface area contributed by atoms with Crippen molar-refractivity contribution in [2.45, 2.75) is 12.8 Å². The minimum Gasteiger partial charge on any atom is -0.466 e. The van der Waals surface area contributed by atoms with E-state index in [0.717, 1.165) is 5.57 Å². The summed E-state index contributed by atoms with van der Waals surface area (Å²) in [4.78, 5) is 23.3. The van der Waals surface area contributed by atoms with Crippen LogP contribution in [0.25, 0.3) is 0 Å². The van der Waals surface area contributed by atoms with E-state index in [4.69, 9.17) is 9.84 Å². The van der Waals surface area contributed by atoms with E-state index >= 15 is 0 Å². The second-order valence-corrected chi connectivity index (χ2v) is 4.08. The minimum absolute atomic E-state index is 0.0791. The number of methoxy groups -OCH3 is 1. The van der Waals surface area contributed by atoms with E-state index < -0.39 is 0 Å². The molecule has 0 heterocycles. The van der Waals surface area contributed by atoms with Crippen LogP contribution in [0.5, 0.6) is 0 Å². The molecule has 0 spiro atoms. The van der Waals surface area contributed by atoms with E-state index in [1.165, 1.54) is 7.11 Å². The van der Waals surface area contributed by atoms with Crippen molar-refractivity contribution in [1.29, 1.82) is 0 Å². The molecule has 0 aliphatic heterocycles. The monoisotopic (exact) mass is 222 g/mol. The summed E-state index contributed by atoms with van der Waals surface area (Å²) in [7, 11) is 1.34. The molecule has 0 saturated heterocycles. The summed E-state index contributed by atoms with van der Waals surface area (Å²) in [5.74, 6) is -0.731. The van der Waals surface area contributed by atoms with Crippen molar-refractivity contribution < 1.29 is 19.4 Å². The first-order chi connectivity index (χ1) is 7.69. The fourth-order valence-electron chi connectivity index (χ4n) is 2.54. The number of carbonyl (C=O) groups is 2. The molecule has 2 rings (SSSR count). The summed E-state index contributed by atoms with van der Waals surface area (Å²) in [6.07, 6.45) is 4.40. The number of hydrogen-bond acceptors (Lipinski definition) is 4. The Morgan fingerprint density at radius 3 is 2.94 bits per heavy atom. The molecule has 0 radical (unpaired) electrons. The fraction of sp³-hybridized carbons (Fsp3) is 0.500. The number of fused-ring (bicyclic) bond motifs is 1. The van der Waals surface area contributed by atoms with Crippen LogP contribution in [0.2, 0.25) is 0 Å². The van der Waals surface area contributed by atoms with Crippen LogP contribution in [-0.4, -0.2) is 30.6 Å². The van der Waals surface area contributed by atoms with Gasteiger partial charge in [-0.05, 0) is 12.0 Å². The fourth-order valence-corrected chi connectivity index (χ4v) is 2.54. The van der Waals surface area contributed by atoms with Crippen LogP contribution in [0.4, 0.5) is 0 Å². The maximum absolute atomic E-state index is 11.8. The van der Waals surface area contributed by atoms with Gasteiger partial charge in [-0.15, -0.1) is 0 Å². The summed E-state index contributed by atoms with van der Waals surface area (Å²) in [6.45, 7) is -0.110. The molecule has 2 aliphatic carbocycles. The topological polar surface area (TPSA) is 63.6 Å². The van der Waals surface area contributed by atoms with Crippen LogP contribution in [0.1, 0.15) is 12.8 Å². The summed E-state index contributed by atoms with van der Waals surface area (Å²) in [6, 6.07) is 0. The number of ketones is 1. The van der Waals surface area contributed by atoms with Crippen LogP contribution in [0.15, 0.2) is 23.3 Å². The normalized spacial score (nSPS) is 28.2. The van der Waals surface area contributed by atoms with Crippen LogP contribution >= 0.6 is 0 Å². The molecule has 0 fully saturated rings. The van der Waals surface area contributed by atoms with Crippen molar-refractivity contribution in [2.24, 2.45) is 11.8 Å². The summed E-state index contributed by atoms with van der Waals surface area (Å²) < 4.78 is 4.70. The largest absolute Gasteiger partial charge is 0.466 e. The van der Waals surface area contributed by atoms with Crippen LogP contribution in [-0.2, 0) is 14.3 Å². The smallest absolute Gasteiger partial charge is 0.333 e. The van der Waals surface area contributed by atoms with E-state index in [9.17, 15) is 9.59 Å². The van der Waals surface area contributed by atoms with E-state index in [-0.39, 0.29) is 36.6 Å². The Hall–Kier alpha value is -1.42. The average Bonchev–Trinajstić information content (AvgIpc) is 2.73.